The van der Waals surface area contributed by atoms with Crippen LogP contribution < -0.4 is 4.74 Å². The van der Waals surface area contributed by atoms with Gasteiger partial charge in [0.1, 0.15) is 5.75 Å². The van der Waals surface area contributed by atoms with Gasteiger partial charge in [0.05, 0.1) is 12.0 Å². The van der Waals surface area contributed by atoms with Crippen molar-refractivity contribution >= 4 is 23.2 Å². The van der Waals surface area contributed by atoms with Crippen molar-refractivity contribution in [3.63, 3.8) is 0 Å². The Balaban J connectivity index is 2.15. The molecule has 6 heteroatoms. The molecule has 2 aromatic rings. The van der Waals surface area contributed by atoms with E-state index in [0.717, 1.165) is 16.9 Å². The maximum Gasteiger partial charge on any atom is 0.269 e. The average molecular weight is 345 g/mol. The van der Waals surface area contributed by atoms with Gasteiger partial charge < -0.3 is 4.74 Å². The molecule has 0 aliphatic heterocycles. The molecule has 0 aromatic heterocycles. The third kappa shape index (κ3) is 4.35. The summed E-state index contributed by atoms with van der Waals surface area (Å²) in [5.74, 6) is 1.39. The molecule has 24 heavy (non-hydrogen) atoms. The van der Waals surface area contributed by atoms with E-state index < -0.39 is 0 Å². The first kappa shape index (κ1) is 18.0. The third-order valence-corrected chi connectivity index (χ3v) is 4.98. The number of ketones is 1. The minimum Gasteiger partial charge on any atom is -0.496 e. The van der Waals surface area contributed by atoms with Crippen molar-refractivity contribution in [3.05, 3.63) is 69.3 Å². The lowest BCUT2D eigenvalue weighted by atomic mass is 10.1. The quantitative estimate of drug-likeness (QED) is 0.409. The van der Waals surface area contributed by atoms with Gasteiger partial charge in [0.2, 0.25) is 0 Å². The lowest BCUT2D eigenvalue weighted by Crippen LogP contribution is -1.98. The lowest BCUT2D eigenvalue weighted by molar-refractivity contribution is -0.384. The number of thioether (sulfide) groups is 1. The first-order chi connectivity index (χ1) is 11.4. The third-order valence-electron chi connectivity index (χ3n) is 3.73. The van der Waals surface area contributed by atoms with Crippen molar-refractivity contribution in [2.24, 2.45) is 0 Å². The van der Waals surface area contributed by atoms with E-state index in [-0.39, 0.29) is 21.6 Å². The Bertz CT molecular complexity index is 760. The largest absolute Gasteiger partial charge is 0.496 e. The summed E-state index contributed by atoms with van der Waals surface area (Å²) in [5.41, 5.74) is 2.58. The molecule has 0 heterocycles. The fraction of sp³-hybridized carbons (Fsp3) is 0.278. The van der Waals surface area contributed by atoms with Crippen molar-refractivity contribution in [1.82, 2.24) is 0 Å². The molecular weight excluding hydrogens is 326 g/mol. The second kappa shape index (κ2) is 7.97. The van der Waals surface area contributed by atoms with Crippen LogP contribution in [0.5, 0.6) is 5.75 Å². The molecular formula is C18H19NO4S. The van der Waals surface area contributed by atoms with Crippen LogP contribution in [0.15, 0.2) is 42.5 Å². The molecule has 0 saturated heterocycles. The normalized spacial score (nSPS) is 11.8. The molecule has 0 unspecified atom stereocenters. The van der Waals surface area contributed by atoms with E-state index in [2.05, 4.69) is 0 Å². The van der Waals surface area contributed by atoms with E-state index in [0.29, 0.717) is 11.3 Å². The van der Waals surface area contributed by atoms with Gasteiger partial charge in [-0.3, -0.25) is 14.9 Å². The predicted octanol–water partition coefficient (Wildman–Crippen LogP) is 4.80. The minimum atomic E-state index is -0.389. The number of non-ortho nitro benzene ring substituents is 1. The van der Waals surface area contributed by atoms with Crippen LogP contribution in [0, 0.1) is 10.1 Å². The number of carbonyl (C=O) groups is 1. The van der Waals surface area contributed by atoms with E-state index in [1.807, 2.05) is 19.1 Å². The van der Waals surface area contributed by atoms with Crippen molar-refractivity contribution in [1.29, 1.82) is 0 Å². The smallest absolute Gasteiger partial charge is 0.269 e. The summed E-state index contributed by atoms with van der Waals surface area (Å²) in [6, 6.07) is 12.1. The first-order valence-corrected chi connectivity index (χ1v) is 8.51. The summed E-state index contributed by atoms with van der Waals surface area (Å²) in [6.07, 6.45) is 0. The first-order valence-electron chi connectivity index (χ1n) is 7.46. The van der Waals surface area contributed by atoms with Gasteiger partial charge in [-0.15, -0.1) is 11.8 Å². The maximum atomic E-state index is 11.5. The Morgan fingerprint density at radius 2 is 2.04 bits per heavy atom. The van der Waals surface area contributed by atoms with Crippen LogP contribution in [0.2, 0.25) is 0 Å². The summed E-state index contributed by atoms with van der Waals surface area (Å²) in [5, 5.41) is 11.0. The monoisotopic (exact) mass is 345 g/mol. The number of ether oxygens (including phenoxy) is 1. The van der Waals surface area contributed by atoms with Gasteiger partial charge in [-0.1, -0.05) is 12.1 Å². The molecule has 0 fully saturated rings. The Hall–Kier alpha value is -2.34. The fourth-order valence-corrected chi connectivity index (χ4v) is 3.31. The van der Waals surface area contributed by atoms with Gasteiger partial charge in [0.15, 0.2) is 5.78 Å². The molecule has 5 nitrogen and oxygen atoms in total. The summed E-state index contributed by atoms with van der Waals surface area (Å²) in [7, 11) is 1.60. The summed E-state index contributed by atoms with van der Waals surface area (Å²) < 4.78 is 5.35. The van der Waals surface area contributed by atoms with Crippen LogP contribution in [0.25, 0.3) is 0 Å². The zero-order chi connectivity index (χ0) is 17.7. The van der Waals surface area contributed by atoms with E-state index in [4.69, 9.17) is 4.74 Å². The molecule has 0 radical (unpaired) electrons. The number of Topliss-reactive ketones (excluding diaryl/α,β-unsaturated/α-hetero) is 1. The van der Waals surface area contributed by atoms with E-state index >= 15 is 0 Å². The molecule has 126 valence electrons. The highest BCUT2D eigenvalue weighted by Crippen LogP contribution is 2.35. The number of hydrogen-bond donors (Lipinski definition) is 0. The van der Waals surface area contributed by atoms with Crippen LogP contribution in [-0.2, 0) is 5.75 Å². The average Bonchev–Trinajstić information content (AvgIpc) is 2.59. The zero-order valence-electron chi connectivity index (χ0n) is 13.8. The van der Waals surface area contributed by atoms with Crippen LogP contribution in [0.4, 0.5) is 5.69 Å². The fourth-order valence-electron chi connectivity index (χ4n) is 2.31. The molecule has 2 aromatic carbocycles. The number of nitro groups is 1. The molecule has 0 amide bonds. The van der Waals surface area contributed by atoms with Crippen molar-refractivity contribution in [2.45, 2.75) is 24.9 Å². The van der Waals surface area contributed by atoms with Gasteiger partial charge in [0.25, 0.3) is 5.69 Å². The van der Waals surface area contributed by atoms with E-state index in [9.17, 15) is 14.9 Å². The Morgan fingerprint density at radius 1 is 1.29 bits per heavy atom. The van der Waals surface area contributed by atoms with Crippen LogP contribution in [0.3, 0.4) is 0 Å². The number of carbonyl (C=O) groups excluding carboxylic acids is 1. The number of nitro benzene ring substituents is 1. The standard InChI is InChI=1S/C18H19NO4S/c1-12(20)14-7-8-18(23-3)16(9-14)11-24-13(2)15-5-4-6-17(10-15)19(21)22/h4-10,13H,11H2,1-3H3/t13-/m0/s1. The molecule has 2 rings (SSSR count). The molecule has 0 N–H and O–H groups in total. The number of nitrogens with zero attached hydrogens (tertiary/aromatic N) is 1. The molecule has 1 atom stereocenters. The summed E-state index contributed by atoms with van der Waals surface area (Å²) in [4.78, 5) is 22.0. The summed E-state index contributed by atoms with van der Waals surface area (Å²) in [6.45, 7) is 3.54. The Morgan fingerprint density at radius 3 is 2.67 bits per heavy atom. The second-order valence-corrected chi connectivity index (χ2v) is 6.72. The summed E-state index contributed by atoms with van der Waals surface area (Å²) >= 11 is 1.64. The highest BCUT2D eigenvalue weighted by atomic mass is 32.2. The van der Waals surface area contributed by atoms with Gasteiger partial charge in [-0.25, -0.2) is 0 Å². The SMILES string of the molecule is COc1ccc(C(C)=O)cc1CS[C@@H](C)c1cccc([N+](=O)[O-])c1. The lowest BCUT2D eigenvalue weighted by Gasteiger charge is -2.14. The van der Waals surface area contributed by atoms with Crippen molar-refractivity contribution < 1.29 is 14.5 Å². The predicted molar refractivity (Wildman–Crippen MR) is 95.8 cm³/mol. The number of rotatable bonds is 7. The number of hydrogen-bond acceptors (Lipinski definition) is 5. The van der Waals surface area contributed by atoms with Crippen molar-refractivity contribution in [3.8, 4) is 5.75 Å². The van der Waals surface area contributed by atoms with Gasteiger partial charge in [-0.05, 0) is 37.6 Å². The van der Waals surface area contributed by atoms with E-state index in [1.165, 1.54) is 13.0 Å². The Kier molecular flexibility index (Phi) is 5.98. The number of methoxy groups -OCH3 is 1. The molecule has 0 bridgehead atoms. The van der Waals surface area contributed by atoms with Gasteiger partial charge in [0, 0.05) is 34.3 Å². The van der Waals surface area contributed by atoms with E-state index in [1.54, 1.807) is 43.1 Å². The maximum absolute atomic E-state index is 11.5. The Labute approximate surface area is 145 Å². The van der Waals surface area contributed by atoms with Gasteiger partial charge in [-0.2, -0.15) is 0 Å². The second-order valence-electron chi connectivity index (χ2n) is 5.39. The molecule has 0 aliphatic carbocycles. The molecule has 0 spiro atoms. The van der Waals surface area contributed by atoms with Crippen LogP contribution in [0.1, 0.15) is 40.6 Å². The minimum absolute atomic E-state index is 0.00985. The van der Waals surface area contributed by atoms with Gasteiger partial charge >= 0.3 is 0 Å². The highest BCUT2D eigenvalue weighted by molar-refractivity contribution is 7.98. The molecule has 0 saturated carbocycles. The highest BCUT2D eigenvalue weighted by Gasteiger charge is 2.13. The zero-order valence-corrected chi connectivity index (χ0v) is 14.6. The van der Waals surface area contributed by atoms with Crippen molar-refractivity contribution in [2.75, 3.05) is 7.11 Å². The molecule has 0 aliphatic rings. The van der Waals surface area contributed by atoms with Crippen LogP contribution in [-0.4, -0.2) is 17.8 Å². The van der Waals surface area contributed by atoms with Crippen LogP contribution >= 0.6 is 11.8 Å². The number of benzene rings is 2. The topological polar surface area (TPSA) is 69.4 Å².